The molecule has 0 saturated heterocycles. The SMILES string of the molecule is C=CCNS(=O)(=O)c1cccc(C(=O)NCC(F)(F)F)c1. The summed E-state index contributed by atoms with van der Waals surface area (Å²) in [7, 11) is -3.85. The minimum atomic E-state index is -4.54. The molecule has 0 radical (unpaired) electrons. The molecule has 0 aliphatic carbocycles. The molecule has 0 heterocycles. The summed E-state index contributed by atoms with van der Waals surface area (Å²) in [5.74, 6) is -1.01. The number of amides is 1. The first kappa shape index (κ1) is 17.2. The second-order valence-corrected chi connectivity index (χ2v) is 5.73. The number of alkyl halides is 3. The van der Waals surface area contributed by atoms with Gasteiger partial charge in [0.2, 0.25) is 10.0 Å². The lowest BCUT2D eigenvalue weighted by Gasteiger charge is -2.09. The first-order valence-electron chi connectivity index (χ1n) is 5.71. The summed E-state index contributed by atoms with van der Waals surface area (Å²) in [6.07, 6.45) is -3.21. The first-order chi connectivity index (χ1) is 9.65. The van der Waals surface area contributed by atoms with Gasteiger partial charge in [-0.3, -0.25) is 4.79 Å². The Morgan fingerprint density at radius 3 is 2.57 bits per heavy atom. The summed E-state index contributed by atoms with van der Waals surface area (Å²) in [4.78, 5) is 11.3. The van der Waals surface area contributed by atoms with Crippen molar-refractivity contribution in [3.63, 3.8) is 0 Å². The molecule has 1 aromatic rings. The van der Waals surface area contributed by atoms with Crippen LogP contribution in [0, 0.1) is 0 Å². The molecule has 1 rings (SSSR count). The minimum Gasteiger partial charge on any atom is -0.343 e. The number of hydrogen-bond acceptors (Lipinski definition) is 3. The normalized spacial score (nSPS) is 12.0. The molecule has 0 atom stereocenters. The van der Waals surface area contributed by atoms with Crippen molar-refractivity contribution in [3.8, 4) is 0 Å². The molecule has 0 spiro atoms. The van der Waals surface area contributed by atoms with Gasteiger partial charge in [-0.05, 0) is 18.2 Å². The molecule has 9 heteroatoms. The fraction of sp³-hybridized carbons (Fsp3) is 0.250. The third-order valence-corrected chi connectivity index (χ3v) is 3.69. The van der Waals surface area contributed by atoms with E-state index in [4.69, 9.17) is 0 Å². The summed E-state index contributed by atoms with van der Waals surface area (Å²) in [6, 6.07) is 4.71. The van der Waals surface area contributed by atoms with Crippen LogP contribution in [0.15, 0.2) is 41.8 Å². The number of rotatable bonds is 6. The summed E-state index contributed by atoms with van der Waals surface area (Å²) >= 11 is 0. The number of sulfonamides is 1. The zero-order valence-corrected chi connectivity index (χ0v) is 11.6. The molecule has 0 aliphatic rings. The lowest BCUT2D eigenvalue weighted by Crippen LogP contribution is -2.33. The van der Waals surface area contributed by atoms with Crippen LogP contribution in [0.1, 0.15) is 10.4 Å². The van der Waals surface area contributed by atoms with Crippen LogP contribution < -0.4 is 10.0 Å². The highest BCUT2D eigenvalue weighted by Gasteiger charge is 2.28. The predicted molar refractivity (Wildman–Crippen MR) is 70.2 cm³/mol. The number of halogens is 3. The second-order valence-electron chi connectivity index (χ2n) is 3.97. The van der Waals surface area contributed by atoms with Gasteiger partial charge in [0, 0.05) is 12.1 Å². The highest BCUT2D eigenvalue weighted by atomic mass is 32.2. The van der Waals surface area contributed by atoms with Crippen LogP contribution in [0.25, 0.3) is 0 Å². The van der Waals surface area contributed by atoms with Crippen LogP contribution in [-0.4, -0.2) is 33.6 Å². The van der Waals surface area contributed by atoms with E-state index in [1.165, 1.54) is 24.3 Å². The fourth-order valence-electron chi connectivity index (χ4n) is 1.34. The highest BCUT2D eigenvalue weighted by molar-refractivity contribution is 7.89. The Hall–Kier alpha value is -1.87. The van der Waals surface area contributed by atoms with Gasteiger partial charge in [-0.1, -0.05) is 12.1 Å². The van der Waals surface area contributed by atoms with Crippen molar-refractivity contribution in [2.75, 3.05) is 13.1 Å². The maximum Gasteiger partial charge on any atom is 0.405 e. The van der Waals surface area contributed by atoms with Crippen LogP contribution in [0.4, 0.5) is 13.2 Å². The monoisotopic (exact) mass is 322 g/mol. The molecule has 1 amide bonds. The Morgan fingerprint density at radius 2 is 2.00 bits per heavy atom. The van der Waals surface area contributed by atoms with Gasteiger partial charge in [-0.15, -0.1) is 6.58 Å². The van der Waals surface area contributed by atoms with E-state index in [0.29, 0.717) is 0 Å². The molecule has 1 aromatic carbocycles. The lowest BCUT2D eigenvalue weighted by atomic mass is 10.2. The van der Waals surface area contributed by atoms with E-state index < -0.39 is 28.7 Å². The Labute approximate surface area is 119 Å². The van der Waals surface area contributed by atoms with Gasteiger partial charge in [-0.2, -0.15) is 13.2 Å². The molecule has 21 heavy (non-hydrogen) atoms. The maximum atomic E-state index is 12.0. The third-order valence-electron chi connectivity index (χ3n) is 2.27. The van der Waals surface area contributed by atoms with E-state index >= 15 is 0 Å². The van der Waals surface area contributed by atoms with Crippen LogP contribution in [0.3, 0.4) is 0 Å². The van der Waals surface area contributed by atoms with Crippen molar-refractivity contribution < 1.29 is 26.4 Å². The third kappa shape index (κ3) is 5.56. The van der Waals surface area contributed by atoms with Crippen molar-refractivity contribution in [2.24, 2.45) is 0 Å². The van der Waals surface area contributed by atoms with E-state index in [-0.39, 0.29) is 17.0 Å². The summed E-state index contributed by atoms with van der Waals surface area (Å²) in [5, 5.41) is 1.67. The number of hydrogen-bond donors (Lipinski definition) is 2. The summed E-state index contributed by atoms with van der Waals surface area (Å²) in [5.41, 5.74) is -0.180. The van der Waals surface area contributed by atoms with Gasteiger partial charge >= 0.3 is 6.18 Å². The van der Waals surface area contributed by atoms with Crippen LogP contribution in [0.5, 0.6) is 0 Å². The van der Waals surface area contributed by atoms with Gasteiger partial charge in [0.1, 0.15) is 6.54 Å². The molecule has 0 unspecified atom stereocenters. The average molecular weight is 322 g/mol. The number of nitrogens with one attached hydrogen (secondary N) is 2. The van der Waals surface area contributed by atoms with Crippen LogP contribution in [-0.2, 0) is 10.0 Å². The Kier molecular flexibility index (Phi) is 5.50. The smallest absolute Gasteiger partial charge is 0.343 e. The van der Waals surface area contributed by atoms with Crippen molar-refractivity contribution in [3.05, 3.63) is 42.5 Å². The molecule has 0 saturated carbocycles. The quantitative estimate of drug-likeness (QED) is 0.778. The van der Waals surface area contributed by atoms with Gasteiger partial charge in [-0.25, -0.2) is 13.1 Å². The van der Waals surface area contributed by atoms with Crippen LogP contribution >= 0.6 is 0 Å². The average Bonchev–Trinajstić information content (AvgIpc) is 2.42. The summed E-state index contributed by atoms with van der Waals surface area (Å²) < 4.78 is 61.8. The topological polar surface area (TPSA) is 75.3 Å². The number of carbonyl (C=O) groups excluding carboxylic acids is 1. The summed E-state index contributed by atoms with van der Waals surface area (Å²) in [6.45, 7) is 1.86. The van der Waals surface area contributed by atoms with Gasteiger partial charge in [0.25, 0.3) is 5.91 Å². The maximum absolute atomic E-state index is 12.0. The molecule has 2 N–H and O–H groups in total. The Morgan fingerprint density at radius 1 is 1.33 bits per heavy atom. The van der Waals surface area contributed by atoms with Gasteiger partial charge in [0.05, 0.1) is 4.90 Å². The lowest BCUT2D eigenvalue weighted by molar-refractivity contribution is -0.123. The largest absolute Gasteiger partial charge is 0.405 e. The van der Waals surface area contributed by atoms with E-state index in [2.05, 4.69) is 11.3 Å². The Bertz CT molecular complexity index is 627. The first-order valence-corrected chi connectivity index (χ1v) is 7.19. The van der Waals surface area contributed by atoms with Gasteiger partial charge in [0.15, 0.2) is 0 Å². The fourth-order valence-corrected chi connectivity index (χ4v) is 2.38. The molecule has 116 valence electrons. The van der Waals surface area contributed by atoms with E-state index in [1.54, 1.807) is 5.32 Å². The molecule has 0 aromatic heterocycles. The zero-order valence-electron chi connectivity index (χ0n) is 10.8. The standard InChI is InChI=1S/C12H13F3N2O3S/c1-2-6-17-21(19,20)10-5-3-4-9(7-10)11(18)16-8-12(13,14)15/h2-5,7,17H,1,6,8H2,(H,16,18). The van der Waals surface area contributed by atoms with Crippen LogP contribution in [0.2, 0.25) is 0 Å². The highest BCUT2D eigenvalue weighted by Crippen LogP contribution is 2.14. The molecular weight excluding hydrogens is 309 g/mol. The van der Waals surface area contributed by atoms with E-state index in [9.17, 15) is 26.4 Å². The minimum absolute atomic E-state index is 0.00711. The van der Waals surface area contributed by atoms with E-state index in [1.807, 2.05) is 0 Å². The second kappa shape index (κ2) is 6.72. The number of carbonyl (C=O) groups is 1. The predicted octanol–water partition coefficient (Wildman–Crippen LogP) is 1.44. The van der Waals surface area contributed by atoms with Crippen molar-refractivity contribution >= 4 is 15.9 Å². The molecule has 0 bridgehead atoms. The zero-order chi connectivity index (χ0) is 16.1. The van der Waals surface area contributed by atoms with E-state index in [0.717, 1.165) is 6.07 Å². The van der Waals surface area contributed by atoms with Gasteiger partial charge < -0.3 is 5.32 Å². The van der Waals surface area contributed by atoms with Crippen molar-refractivity contribution in [1.29, 1.82) is 0 Å². The Balaban J connectivity index is 2.90. The molecule has 0 fully saturated rings. The molecule has 0 aliphatic heterocycles. The number of benzene rings is 1. The molecule has 5 nitrogen and oxygen atoms in total. The van der Waals surface area contributed by atoms with Crippen molar-refractivity contribution in [1.82, 2.24) is 10.0 Å². The van der Waals surface area contributed by atoms with Crippen molar-refractivity contribution in [2.45, 2.75) is 11.1 Å². The molecular formula is C12H13F3N2O3S.